The zero-order valence-corrected chi connectivity index (χ0v) is 47.1. The molecule has 0 unspecified atom stereocenters. The molecule has 0 spiro atoms. The zero-order chi connectivity index (χ0) is 49.8. The van der Waals surface area contributed by atoms with E-state index < -0.39 is 8.07 Å². The topological polar surface area (TPSA) is 51.8 Å². The van der Waals surface area contributed by atoms with Gasteiger partial charge in [-0.1, -0.05) is 182 Å². The van der Waals surface area contributed by atoms with Gasteiger partial charge in [-0.05, 0) is 131 Å². The van der Waals surface area contributed by atoms with Gasteiger partial charge in [-0.2, -0.15) is 0 Å². The van der Waals surface area contributed by atoms with Crippen molar-refractivity contribution < 1.29 is 24.5 Å². The average Bonchev–Trinajstić information content (AvgIpc) is 3.69. The second-order valence-corrected chi connectivity index (χ2v) is 27.5. The van der Waals surface area contributed by atoms with Crippen LogP contribution in [0.2, 0.25) is 19.6 Å². The molecule has 4 heterocycles. The minimum absolute atomic E-state index is 0. The van der Waals surface area contributed by atoms with Crippen LogP contribution in [0.15, 0.2) is 181 Å². The Bertz CT molecular complexity index is 3390. The fraction of sp³-hybridized carbons (Fsp3) is 0.246. The summed E-state index contributed by atoms with van der Waals surface area (Å²) in [5.74, 6) is 0. The molecule has 4 nitrogen and oxygen atoms in total. The van der Waals surface area contributed by atoms with E-state index in [1.54, 1.807) is 0 Å². The number of nitrogens with zero attached hydrogens (tertiary/aromatic N) is 3. The Morgan fingerprint density at radius 2 is 1.08 bits per heavy atom. The number of para-hydroxylation sites is 1. The SMILES string of the molecule is CC(C)(C)Cc1cc(-c2ccccc2)ncc1[Si](C)(C)C.CC(C)(C)Cc1ccnc(-c2ccccc2)c1.Cc1cc(C)c(-c2ccc3c(c2)oc2c(-c4cc5ccccc5cn4)cccc23)c(C)c1.[Ir]. The van der Waals surface area contributed by atoms with Crippen molar-refractivity contribution in [2.45, 2.75) is 94.8 Å². The molecule has 0 saturated carbocycles. The van der Waals surface area contributed by atoms with Gasteiger partial charge in [0.2, 0.25) is 0 Å². The largest absolute Gasteiger partial charge is 0.455 e. The fourth-order valence-corrected chi connectivity index (χ4v) is 11.2. The van der Waals surface area contributed by atoms with Crippen LogP contribution in [0.4, 0.5) is 0 Å². The number of fused-ring (bicyclic) bond motifs is 4. The van der Waals surface area contributed by atoms with Gasteiger partial charge in [0.15, 0.2) is 0 Å². The first-order valence-electron chi connectivity index (χ1n) is 24.7. The van der Waals surface area contributed by atoms with Gasteiger partial charge in [-0.3, -0.25) is 15.0 Å². The molecular formula is C65H69IrN3OSi. The van der Waals surface area contributed by atoms with E-state index >= 15 is 0 Å². The maximum absolute atomic E-state index is 6.48. The summed E-state index contributed by atoms with van der Waals surface area (Å²) in [5, 5.41) is 6.07. The maximum atomic E-state index is 6.48. The van der Waals surface area contributed by atoms with Gasteiger partial charge in [-0.25, -0.2) is 0 Å². The molecule has 0 amide bonds. The molecule has 6 aromatic carbocycles. The summed E-state index contributed by atoms with van der Waals surface area (Å²) in [7, 11) is -1.36. The first-order valence-corrected chi connectivity index (χ1v) is 28.2. The number of rotatable bonds is 7. The van der Waals surface area contributed by atoms with Crippen molar-refractivity contribution in [1.82, 2.24) is 15.0 Å². The Morgan fingerprint density at radius 3 is 1.70 bits per heavy atom. The van der Waals surface area contributed by atoms with Crippen LogP contribution in [0.3, 0.4) is 0 Å². The van der Waals surface area contributed by atoms with E-state index in [-0.39, 0.29) is 20.1 Å². The van der Waals surface area contributed by atoms with Gasteiger partial charge < -0.3 is 4.42 Å². The Balaban J connectivity index is 0.000000166. The van der Waals surface area contributed by atoms with Crippen LogP contribution in [0, 0.1) is 31.6 Å². The standard InChI is InChI=1S/C30H23NO.C19H27NSi.C16H19N.Ir/c1-18-13-19(2)29(20(3)14-18)22-11-12-24-25-9-6-10-26(30(25)32-28(24)16-22)27-15-21-7-4-5-8-23(21)17-31-27;1-19(2,3)13-16-12-17(15-10-8-7-9-11-15)20-14-18(16)21(4,5)6;1-16(2,3)12-13-9-10-17-15(11-13)14-7-5-4-6-8-14;/h4-17H,1-3H3;7-12,14H,13H2,1-6H3;4-11H,12H2,1-3H3;. The maximum Gasteiger partial charge on any atom is 0.144 e. The predicted molar refractivity (Wildman–Crippen MR) is 303 cm³/mol. The monoisotopic (exact) mass is 1130 g/mol. The Hall–Kier alpha value is -6.30. The number of benzene rings is 6. The number of pyridine rings is 3. The molecule has 0 bridgehead atoms. The first kappa shape index (κ1) is 52.5. The number of hydrogen-bond acceptors (Lipinski definition) is 4. The van der Waals surface area contributed by atoms with Crippen molar-refractivity contribution in [3.05, 3.63) is 204 Å². The third-order valence-corrected chi connectivity index (χ3v) is 14.7. The van der Waals surface area contributed by atoms with E-state index in [2.05, 4.69) is 227 Å². The molecule has 6 heteroatoms. The third-order valence-electron chi connectivity index (χ3n) is 12.6. The smallest absolute Gasteiger partial charge is 0.144 e. The summed E-state index contributed by atoms with van der Waals surface area (Å²) in [5.41, 5.74) is 18.1. The van der Waals surface area contributed by atoms with Gasteiger partial charge >= 0.3 is 0 Å². The first-order chi connectivity index (χ1) is 33.3. The summed E-state index contributed by atoms with van der Waals surface area (Å²) in [6, 6.07) is 55.3. The molecule has 0 aliphatic rings. The molecule has 1 radical (unpaired) electrons. The molecule has 363 valence electrons. The molecular weight excluding hydrogens is 1060 g/mol. The van der Waals surface area contributed by atoms with E-state index in [9.17, 15) is 0 Å². The van der Waals surface area contributed by atoms with Crippen molar-refractivity contribution in [2.24, 2.45) is 10.8 Å². The molecule has 4 aromatic heterocycles. The summed E-state index contributed by atoms with van der Waals surface area (Å²) in [6.07, 6.45) is 8.16. The van der Waals surface area contributed by atoms with E-state index in [0.717, 1.165) is 62.8 Å². The number of furan rings is 1. The molecule has 71 heavy (non-hydrogen) atoms. The van der Waals surface area contributed by atoms with E-state index in [1.807, 2.05) is 36.7 Å². The van der Waals surface area contributed by atoms with Crippen LogP contribution in [-0.2, 0) is 32.9 Å². The normalized spacial score (nSPS) is 11.7. The molecule has 0 atom stereocenters. The van der Waals surface area contributed by atoms with Crippen molar-refractivity contribution >= 4 is 46.0 Å². The molecule has 10 rings (SSSR count). The summed E-state index contributed by atoms with van der Waals surface area (Å²) in [4.78, 5) is 13.9. The number of aromatic nitrogens is 3. The quantitative estimate of drug-likeness (QED) is 0.149. The minimum atomic E-state index is -1.36. The van der Waals surface area contributed by atoms with E-state index in [1.165, 1.54) is 60.6 Å². The zero-order valence-electron chi connectivity index (χ0n) is 43.7. The summed E-state index contributed by atoms with van der Waals surface area (Å²) < 4.78 is 6.48. The average molecular weight is 1130 g/mol. The van der Waals surface area contributed by atoms with E-state index in [4.69, 9.17) is 14.4 Å². The predicted octanol–water partition coefficient (Wildman–Crippen LogP) is 17.6. The third kappa shape index (κ3) is 13.2. The van der Waals surface area contributed by atoms with Crippen molar-refractivity contribution in [3.63, 3.8) is 0 Å². The second-order valence-electron chi connectivity index (χ2n) is 22.4. The minimum Gasteiger partial charge on any atom is -0.455 e. The van der Waals surface area contributed by atoms with Crippen LogP contribution in [0.25, 0.3) is 77.6 Å². The Morgan fingerprint density at radius 1 is 0.493 bits per heavy atom. The second kappa shape index (κ2) is 22.0. The van der Waals surface area contributed by atoms with Crippen LogP contribution in [-0.4, -0.2) is 23.0 Å². The molecule has 0 fully saturated rings. The van der Waals surface area contributed by atoms with Gasteiger partial charge in [0.1, 0.15) is 11.2 Å². The fourth-order valence-electron chi connectivity index (χ4n) is 9.64. The summed E-state index contributed by atoms with van der Waals surface area (Å²) in [6.45, 7) is 27.4. The Kier molecular flexibility index (Phi) is 16.3. The number of hydrogen-bond donors (Lipinski definition) is 0. The van der Waals surface area contributed by atoms with Crippen molar-refractivity contribution in [1.29, 1.82) is 0 Å². The van der Waals surface area contributed by atoms with Crippen molar-refractivity contribution in [3.8, 4) is 44.9 Å². The van der Waals surface area contributed by atoms with Gasteiger partial charge in [0.05, 0.1) is 25.2 Å². The Labute approximate surface area is 437 Å². The van der Waals surface area contributed by atoms with Gasteiger partial charge in [0.25, 0.3) is 0 Å². The van der Waals surface area contributed by atoms with Crippen molar-refractivity contribution in [2.75, 3.05) is 0 Å². The van der Waals surface area contributed by atoms with Crippen LogP contribution in [0.1, 0.15) is 69.4 Å². The molecule has 0 aliphatic carbocycles. The molecule has 0 N–H and O–H groups in total. The van der Waals surface area contributed by atoms with Crippen LogP contribution in [0.5, 0.6) is 0 Å². The molecule has 10 aromatic rings. The van der Waals surface area contributed by atoms with Crippen LogP contribution < -0.4 is 5.19 Å². The summed E-state index contributed by atoms with van der Waals surface area (Å²) >= 11 is 0. The van der Waals surface area contributed by atoms with E-state index in [0.29, 0.717) is 10.8 Å². The van der Waals surface area contributed by atoms with Crippen LogP contribution >= 0.6 is 0 Å². The van der Waals surface area contributed by atoms with Gasteiger partial charge in [-0.15, -0.1) is 0 Å². The number of aryl methyl sites for hydroxylation is 3. The molecule has 0 aliphatic heterocycles. The van der Waals surface area contributed by atoms with Gasteiger partial charge in [0, 0.05) is 71.5 Å². The molecule has 0 saturated heterocycles.